The Bertz CT molecular complexity index is 795. The summed E-state index contributed by atoms with van der Waals surface area (Å²) < 4.78 is 32.1. The standard InChI is InChI=1S/C12H15N3O5S/c1-15(2)21(18,19)14-10-8-6-7(20-3)4-5-9(8)13-11(10)12(16)17/h4-6,13-14H,1-3H3,(H,16,17)/p-1. The van der Waals surface area contributed by atoms with Crippen molar-refractivity contribution in [2.24, 2.45) is 0 Å². The largest absolute Gasteiger partial charge is 0.543 e. The number of hydrogen-bond acceptors (Lipinski definition) is 5. The first-order valence-corrected chi connectivity index (χ1v) is 7.31. The lowest BCUT2D eigenvalue weighted by Gasteiger charge is -2.14. The zero-order valence-electron chi connectivity index (χ0n) is 11.6. The van der Waals surface area contributed by atoms with Gasteiger partial charge in [0, 0.05) is 25.0 Å². The molecule has 114 valence electrons. The highest BCUT2D eigenvalue weighted by atomic mass is 32.2. The molecule has 0 saturated heterocycles. The maximum Gasteiger partial charge on any atom is 0.301 e. The van der Waals surface area contributed by atoms with E-state index in [4.69, 9.17) is 4.74 Å². The molecule has 0 aliphatic heterocycles. The van der Waals surface area contributed by atoms with Gasteiger partial charge in [0.2, 0.25) is 0 Å². The van der Waals surface area contributed by atoms with Crippen LogP contribution in [0, 0.1) is 0 Å². The first-order valence-electron chi connectivity index (χ1n) is 5.87. The Balaban J connectivity index is 2.68. The Morgan fingerprint density at radius 3 is 2.57 bits per heavy atom. The van der Waals surface area contributed by atoms with Gasteiger partial charge in [-0.2, -0.15) is 12.7 Å². The number of methoxy groups -OCH3 is 1. The molecule has 0 atom stereocenters. The van der Waals surface area contributed by atoms with Crippen LogP contribution in [-0.4, -0.2) is 44.9 Å². The van der Waals surface area contributed by atoms with Crippen LogP contribution in [0.2, 0.25) is 0 Å². The minimum Gasteiger partial charge on any atom is -0.543 e. The Morgan fingerprint density at radius 2 is 2.05 bits per heavy atom. The number of hydrogen-bond donors (Lipinski definition) is 2. The molecule has 0 bridgehead atoms. The first-order chi connectivity index (χ1) is 9.76. The van der Waals surface area contributed by atoms with Crippen LogP contribution in [0.25, 0.3) is 10.9 Å². The molecule has 1 aromatic carbocycles. The van der Waals surface area contributed by atoms with E-state index in [2.05, 4.69) is 9.71 Å². The molecule has 0 aliphatic carbocycles. The molecule has 21 heavy (non-hydrogen) atoms. The van der Waals surface area contributed by atoms with E-state index in [9.17, 15) is 18.3 Å². The summed E-state index contributed by atoms with van der Waals surface area (Å²) in [6.07, 6.45) is 0. The third-order valence-electron chi connectivity index (χ3n) is 2.92. The zero-order chi connectivity index (χ0) is 15.8. The molecule has 0 radical (unpaired) electrons. The summed E-state index contributed by atoms with van der Waals surface area (Å²) in [7, 11) is 0.258. The fourth-order valence-corrected chi connectivity index (χ4v) is 2.43. The zero-order valence-corrected chi connectivity index (χ0v) is 12.4. The second kappa shape index (κ2) is 5.26. The van der Waals surface area contributed by atoms with Crippen LogP contribution in [0.15, 0.2) is 18.2 Å². The van der Waals surface area contributed by atoms with Gasteiger partial charge in [-0.3, -0.25) is 4.72 Å². The Labute approximate surface area is 121 Å². The van der Waals surface area contributed by atoms with Crippen molar-refractivity contribution in [2.75, 3.05) is 25.9 Å². The monoisotopic (exact) mass is 312 g/mol. The van der Waals surface area contributed by atoms with Gasteiger partial charge in [0.1, 0.15) is 5.75 Å². The van der Waals surface area contributed by atoms with Gasteiger partial charge in [-0.15, -0.1) is 0 Å². The highest BCUT2D eigenvalue weighted by Gasteiger charge is 2.20. The fourth-order valence-electron chi connectivity index (χ4n) is 1.78. The molecular weight excluding hydrogens is 298 g/mol. The van der Waals surface area contributed by atoms with Gasteiger partial charge in [-0.05, 0) is 18.2 Å². The number of rotatable bonds is 5. The van der Waals surface area contributed by atoms with E-state index in [0.29, 0.717) is 16.7 Å². The van der Waals surface area contributed by atoms with Gasteiger partial charge >= 0.3 is 10.2 Å². The number of aromatic nitrogens is 1. The predicted molar refractivity (Wildman–Crippen MR) is 75.4 cm³/mol. The molecule has 0 fully saturated rings. The number of anilines is 1. The third kappa shape index (κ3) is 2.78. The summed E-state index contributed by atoms with van der Waals surface area (Å²) in [5.74, 6) is -1.04. The van der Waals surface area contributed by atoms with Crippen LogP contribution in [0.1, 0.15) is 10.5 Å². The summed E-state index contributed by atoms with van der Waals surface area (Å²) >= 11 is 0. The van der Waals surface area contributed by atoms with Crippen molar-refractivity contribution < 1.29 is 23.1 Å². The number of nitrogens with one attached hydrogen (secondary N) is 2. The average Bonchev–Trinajstić information content (AvgIpc) is 2.76. The second-order valence-electron chi connectivity index (χ2n) is 4.46. The van der Waals surface area contributed by atoms with Crippen molar-refractivity contribution in [2.45, 2.75) is 0 Å². The Kier molecular flexibility index (Phi) is 3.79. The number of aromatic carboxylic acids is 1. The number of ether oxygens (including phenoxy) is 1. The number of carboxylic acid groups (broad SMARTS) is 1. The lowest BCUT2D eigenvalue weighted by atomic mass is 10.2. The fraction of sp³-hybridized carbons (Fsp3) is 0.250. The van der Waals surface area contributed by atoms with Crippen LogP contribution in [-0.2, 0) is 10.2 Å². The first kappa shape index (κ1) is 15.1. The number of carbonyl (C=O) groups is 1. The van der Waals surface area contributed by atoms with Gasteiger partial charge < -0.3 is 19.6 Å². The molecule has 0 aliphatic rings. The lowest BCUT2D eigenvalue weighted by molar-refractivity contribution is -0.255. The van der Waals surface area contributed by atoms with E-state index in [-0.39, 0.29) is 11.4 Å². The smallest absolute Gasteiger partial charge is 0.301 e. The molecule has 0 unspecified atom stereocenters. The molecule has 0 saturated carbocycles. The molecule has 2 aromatic rings. The number of fused-ring (bicyclic) bond motifs is 1. The van der Waals surface area contributed by atoms with E-state index in [0.717, 1.165) is 4.31 Å². The van der Waals surface area contributed by atoms with Gasteiger partial charge in [0.25, 0.3) is 0 Å². The number of benzene rings is 1. The van der Waals surface area contributed by atoms with Crippen LogP contribution >= 0.6 is 0 Å². The number of carbonyl (C=O) groups excluding carboxylic acids is 1. The predicted octanol–water partition coefficient (Wildman–Crippen LogP) is -0.242. The van der Waals surface area contributed by atoms with Crippen molar-refractivity contribution in [3.05, 3.63) is 23.9 Å². The van der Waals surface area contributed by atoms with E-state index >= 15 is 0 Å². The maximum atomic E-state index is 11.9. The van der Waals surface area contributed by atoms with E-state index in [1.54, 1.807) is 12.1 Å². The van der Waals surface area contributed by atoms with Gasteiger partial charge in [-0.1, -0.05) is 0 Å². The summed E-state index contributed by atoms with van der Waals surface area (Å²) in [5, 5.41) is 11.6. The quantitative estimate of drug-likeness (QED) is 0.790. The van der Waals surface area contributed by atoms with Crippen LogP contribution in [0.3, 0.4) is 0 Å². The number of H-pyrrole nitrogens is 1. The molecule has 2 rings (SSSR count). The summed E-state index contributed by atoms with van der Waals surface area (Å²) in [6.45, 7) is 0. The van der Waals surface area contributed by atoms with Crippen molar-refractivity contribution >= 4 is 32.8 Å². The topological polar surface area (TPSA) is 115 Å². The molecule has 1 aromatic heterocycles. The molecule has 0 amide bonds. The summed E-state index contributed by atoms with van der Waals surface area (Å²) in [6, 6.07) is 4.75. The Morgan fingerprint density at radius 1 is 1.38 bits per heavy atom. The van der Waals surface area contributed by atoms with Crippen molar-refractivity contribution in [1.82, 2.24) is 9.29 Å². The lowest BCUT2D eigenvalue weighted by Crippen LogP contribution is -2.31. The summed E-state index contributed by atoms with van der Waals surface area (Å²) in [5.41, 5.74) is 0.0211. The summed E-state index contributed by atoms with van der Waals surface area (Å²) in [4.78, 5) is 13.8. The average molecular weight is 312 g/mol. The highest BCUT2D eigenvalue weighted by Crippen LogP contribution is 2.31. The van der Waals surface area contributed by atoms with Gasteiger partial charge in [0.15, 0.2) is 0 Å². The van der Waals surface area contributed by atoms with Crippen molar-refractivity contribution in [3.63, 3.8) is 0 Å². The van der Waals surface area contributed by atoms with Crippen LogP contribution in [0.5, 0.6) is 5.75 Å². The number of carboxylic acids is 1. The molecule has 1 heterocycles. The van der Waals surface area contributed by atoms with Crippen molar-refractivity contribution in [3.8, 4) is 5.75 Å². The minimum absolute atomic E-state index is 0.0856. The molecule has 2 N–H and O–H groups in total. The SMILES string of the molecule is COc1ccc2[nH]c(C(=O)[O-])c(NS(=O)(=O)N(C)C)c2c1. The third-order valence-corrected chi connectivity index (χ3v) is 4.35. The van der Waals surface area contributed by atoms with Crippen molar-refractivity contribution in [1.29, 1.82) is 0 Å². The molecule has 9 heteroatoms. The second-order valence-corrected chi connectivity index (χ2v) is 6.35. The highest BCUT2D eigenvalue weighted by molar-refractivity contribution is 7.90. The maximum absolute atomic E-state index is 11.9. The normalized spacial score (nSPS) is 11.8. The van der Waals surface area contributed by atoms with E-state index in [1.165, 1.54) is 27.3 Å². The van der Waals surface area contributed by atoms with Crippen LogP contribution in [0.4, 0.5) is 5.69 Å². The Hall–Kier alpha value is -2.26. The van der Waals surface area contributed by atoms with E-state index in [1.807, 2.05) is 0 Å². The van der Waals surface area contributed by atoms with Gasteiger partial charge in [0.05, 0.1) is 24.5 Å². The molecule has 0 spiro atoms. The molecular formula is C12H14N3O5S-. The molecule has 8 nitrogen and oxygen atoms in total. The number of nitrogens with zero attached hydrogens (tertiary/aromatic N) is 1. The minimum atomic E-state index is -3.86. The van der Waals surface area contributed by atoms with E-state index < -0.39 is 16.2 Å². The van der Waals surface area contributed by atoms with Gasteiger partial charge in [-0.25, -0.2) is 0 Å². The van der Waals surface area contributed by atoms with Crippen LogP contribution < -0.4 is 14.6 Å². The number of aromatic amines is 1.